The fraction of sp³-hybridized carbons (Fsp3) is 0.526. The smallest absolute Gasteiger partial charge is 0.246 e. The Hall–Kier alpha value is -1.77. The van der Waals surface area contributed by atoms with Gasteiger partial charge in [0.2, 0.25) is 5.91 Å². The summed E-state index contributed by atoms with van der Waals surface area (Å²) in [4.78, 5) is 14.1. The van der Waals surface area contributed by atoms with Crippen LogP contribution in [-0.4, -0.2) is 30.5 Å². The van der Waals surface area contributed by atoms with Crippen LogP contribution in [0.2, 0.25) is 0 Å². The Kier molecular flexibility index (Phi) is 6.50. The fourth-order valence-corrected chi connectivity index (χ4v) is 2.83. The quantitative estimate of drug-likeness (QED) is 0.734. The maximum atomic E-state index is 12.2. The van der Waals surface area contributed by atoms with Gasteiger partial charge in [0.25, 0.3) is 0 Å². The highest BCUT2D eigenvalue weighted by molar-refractivity contribution is 5.91. The molecule has 1 amide bonds. The Bertz CT molecular complexity index is 487. The van der Waals surface area contributed by atoms with Gasteiger partial charge >= 0.3 is 0 Å². The molecule has 0 unspecified atom stereocenters. The molecule has 0 heterocycles. The fourth-order valence-electron chi connectivity index (χ4n) is 2.83. The second-order valence-electron chi connectivity index (χ2n) is 5.99. The number of carbonyl (C=O) groups is 1. The van der Waals surface area contributed by atoms with Gasteiger partial charge in [-0.3, -0.25) is 4.79 Å². The monoisotopic (exact) mass is 301 g/mol. The molecule has 2 rings (SSSR count). The first kappa shape index (κ1) is 16.6. The minimum atomic E-state index is 0.0956. The van der Waals surface area contributed by atoms with Crippen LogP contribution < -0.4 is 4.74 Å². The molecule has 0 saturated heterocycles. The zero-order valence-electron chi connectivity index (χ0n) is 13.8. The third-order valence-corrected chi connectivity index (χ3v) is 4.24. The van der Waals surface area contributed by atoms with E-state index in [9.17, 15) is 4.79 Å². The van der Waals surface area contributed by atoms with Gasteiger partial charge < -0.3 is 9.64 Å². The summed E-state index contributed by atoms with van der Waals surface area (Å²) in [6.45, 7) is 2.82. The van der Waals surface area contributed by atoms with Crippen LogP contribution in [0, 0.1) is 0 Å². The van der Waals surface area contributed by atoms with Crippen molar-refractivity contribution in [2.24, 2.45) is 0 Å². The Balaban J connectivity index is 1.88. The molecule has 1 aliphatic carbocycles. The van der Waals surface area contributed by atoms with Gasteiger partial charge in [0.15, 0.2) is 0 Å². The van der Waals surface area contributed by atoms with Crippen LogP contribution in [0.4, 0.5) is 0 Å². The van der Waals surface area contributed by atoms with Crippen LogP contribution in [0.15, 0.2) is 30.3 Å². The zero-order chi connectivity index (χ0) is 15.8. The van der Waals surface area contributed by atoms with E-state index in [2.05, 4.69) is 6.92 Å². The summed E-state index contributed by atoms with van der Waals surface area (Å²) in [7, 11) is 1.92. The van der Waals surface area contributed by atoms with Crippen LogP contribution in [0.1, 0.15) is 51.0 Å². The minimum Gasteiger partial charge on any atom is -0.494 e. The summed E-state index contributed by atoms with van der Waals surface area (Å²) in [5, 5.41) is 0. The molecular formula is C19H27NO2. The van der Waals surface area contributed by atoms with E-state index in [4.69, 9.17) is 4.74 Å². The largest absolute Gasteiger partial charge is 0.494 e. The molecule has 1 saturated carbocycles. The molecular weight excluding hydrogens is 274 g/mol. The van der Waals surface area contributed by atoms with E-state index in [-0.39, 0.29) is 5.91 Å². The predicted molar refractivity (Wildman–Crippen MR) is 90.9 cm³/mol. The summed E-state index contributed by atoms with van der Waals surface area (Å²) in [6.07, 6.45) is 10.6. The molecule has 0 radical (unpaired) electrons. The number of ether oxygens (including phenoxy) is 1. The molecule has 0 aliphatic heterocycles. The van der Waals surface area contributed by atoms with Crippen molar-refractivity contribution >= 4 is 12.0 Å². The van der Waals surface area contributed by atoms with Crippen molar-refractivity contribution in [3.63, 3.8) is 0 Å². The van der Waals surface area contributed by atoms with Gasteiger partial charge in [0.1, 0.15) is 5.75 Å². The second-order valence-corrected chi connectivity index (χ2v) is 5.99. The summed E-state index contributed by atoms with van der Waals surface area (Å²) >= 11 is 0. The summed E-state index contributed by atoms with van der Waals surface area (Å²) in [5.41, 5.74) is 1.02. The lowest BCUT2D eigenvalue weighted by molar-refractivity contribution is -0.127. The van der Waals surface area contributed by atoms with E-state index in [1.807, 2.05) is 42.3 Å². The van der Waals surface area contributed by atoms with Crippen LogP contribution in [-0.2, 0) is 4.79 Å². The van der Waals surface area contributed by atoms with Crippen molar-refractivity contribution in [1.82, 2.24) is 4.90 Å². The maximum absolute atomic E-state index is 12.2. The third-order valence-electron chi connectivity index (χ3n) is 4.24. The van der Waals surface area contributed by atoms with E-state index in [1.165, 1.54) is 19.3 Å². The average molecular weight is 301 g/mol. The van der Waals surface area contributed by atoms with Crippen molar-refractivity contribution in [1.29, 1.82) is 0 Å². The van der Waals surface area contributed by atoms with Gasteiger partial charge in [-0.05, 0) is 43.0 Å². The van der Waals surface area contributed by atoms with E-state index in [0.717, 1.165) is 37.2 Å². The first-order chi connectivity index (χ1) is 10.7. The highest BCUT2D eigenvalue weighted by Crippen LogP contribution is 2.22. The van der Waals surface area contributed by atoms with Crippen molar-refractivity contribution in [2.75, 3.05) is 13.7 Å². The van der Waals surface area contributed by atoms with Crippen LogP contribution in [0.5, 0.6) is 5.75 Å². The van der Waals surface area contributed by atoms with Gasteiger partial charge in [-0.15, -0.1) is 0 Å². The lowest BCUT2D eigenvalue weighted by Gasteiger charge is -2.30. The number of rotatable bonds is 6. The molecule has 3 nitrogen and oxygen atoms in total. The van der Waals surface area contributed by atoms with Crippen molar-refractivity contribution in [3.8, 4) is 5.75 Å². The molecule has 0 aromatic heterocycles. The number of benzene rings is 1. The summed E-state index contributed by atoms with van der Waals surface area (Å²) in [6, 6.07) is 8.27. The molecule has 120 valence electrons. The Morgan fingerprint density at radius 2 is 1.91 bits per heavy atom. The Labute approximate surface area is 134 Å². The molecule has 1 aromatic carbocycles. The predicted octanol–water partition coefficient (Wildman–Crippen LogP) is 4.28. The lowest BCUT2D eigenvalue weighted by atomic mass is 9.94. The molecule has 22 heavy (non-hydrogen) atoms. The first-order valence-corrected chi connectivity index (χ1v) is 8.38. The normalized spacial score (nSPS) is 15.9. The van der Waals surface area contributed by atoms with Gasteiger partial charge in [-0.1, -0.05) is 38.3 Å². The molecule has 1 fully saturated rings. The van der Waals surface area contributed by atoms with Gasteiger partial charge in [0.05, 0.1) is 6.61 Å². The molecule has 0 bridgehead atoms. The van der Waals surface area contributed by atoms with Crippen LogP contribution in [0.3, 0.4) is 0 Å². The van der Waals surface area contributed by atoms with Gasteiger partial charge in [-0.25, -0.2) is 0 Å². The van der Waals surface area contributed by atoms with E-state index < -0.39 is 0 Å². The molecule has 3 heteroatoms. The molecule has 1 aliphatic rings. The highest BCUT2D eigenvalue weighted by Gasteiger charge is 2.20. The number of carbonyl (C=O) groups excluding carboxylic acids is 1. The van der Waals surface area contributed by atoms with Crippen molar-refractivity contribution in [3.05, 3.63) is 35.9 Å². The van der Waals surface area contributed by atoms with Crippen molar-refractivity contribution < 1.29 is 9.53 Å². The first-order valence-electron chi connectivity index (χ1n) is 8.38. The maximum Gasteiger partial charge on any atom is 0.246 e. The molecule has 0 spiro atoms. The summed E-state index contributed by atoms with van der Waals surface area (Å²) in [5.74, 6) is 0.975. The standard InChI is InChI=1S/C19H27NO2/c1-3-15-22-18-12-9-16(10-13-18)11-14-19(21)20(2)17-7-5-4-6-8-17/h9-14,17H,3-8,15H2,1-2H3/b14-11+. The van der Waals surface area contributed by atoms with E-state index >= 15 is 0 Å². The number of hydrogen-bond donors (Lipinski definition) is 0. The second kappa shape index (κ2) is 8.62. The summed E-state index contributed by atoms with van der Waals surface area (Å²) < 4.78 is 5.55. The highest BCUT2D eigenvalue weighted by atomic mass is 16.5. The number of amides is 1. The number of hydrogen-bond acceptors (Lipinski definition) is 2. The minimum absolute atomic E-state index is 0.0956. The lowest BCUT2D eigenvalue weighted by Crippen LogP contribution is -2.37. The number of likely N-dealkylation sites (N-methyl/N-ethyl adjacent to an activating group) is 1. The third kappa shape index (κ3) is 4.90. The molecule has 1 aromatic rings. The Morgan fingerprint density at radius 3 is 2.55 bits per heavy atom. The molecule has 0 N–H and O–H groups in total. The van der Waals surface area contributed by atoms with Crippen LogP contribution in [0.25, 0.3) is 6.08 Å². The zero-order valence-corrected chi connectivity index (χ0v) is 13.8. The Morgan fingerprint density at radius 1 is 1.23 bits per heavy atom. The van der Waals surface area contributed by atoms with Gasteiger partial charge in [0, 0.05) is 19.2 Å². The SMILES string of the molecule is CCCOc1ccc(/C=C/C(=O)N(C)C2CCCCC2)cc1. The molecule has 0 atom stereocenters. The van der Waals surface area contributed by atoms with Crippen LogP contribution >= 0.6 is 0 Å². The van der Waals surface area contributed by atoms with E-state index in [0.29, 0.717) is 6.04 Å². The average Bonchev–Trinajstić information content (AvgIpc) is 2.58. The van der Waals surface area contributed by atoms with Gasteiger partial charge in [-0.2, -0.15) is 0 Å². The number of nitrogens with zero attached hydrogens (tertiary/aromatic N) is 1. The van der Waals surface area contributed by atoms with Crippen molar-refractivity contribution in [2.45, 2.75) is 51.5 Å². The topological polar surface area (TPSA) is 29.5 Å². The van der Waals surface area contributed by atoms with E-state index in [1.54, 1.807) is 6.08 Å².